The molecule has 1 fully saturated rings. The van der Waals surface area contributed by atoms with Crippen LogP contribution in [0.2, 0.25) is 0 Å². The summed E-state index contributed by atoms with van der Waals surface area (Å²) in [5.74, 6) is -1.20. The summed E-state index contributed by atoms with van der Waals surface area (Å²) < 4.78 is 9.80. The Kier molecular flexibility index (Phi) is 6.83. The lowest BCUT2D eigenvalue weighted by Crippen LogP contribution is -2.42. The first-order valence-electron chi connectivity index (χ1n) is 6.03. The monoisotopic (exact) mass is 274 g/mol. The highest BCUT2D eigenvalue weighted by atomic mass is 16.5. The Morgan fingerprint density at radius 1 is 1.16 bits per heavy atom. The minimum atomic E-state index is -1.18. The average Bonchev–Trinajstić information content (AvgIpc) is 3.11. The molecular weight excluding hydrogens is 256 g/mol. The third-order valence-electron chi connectivity index (χ3n) is 2.29. The molecule has 0 unspecified atom stereocenters. The van der Waals surface area contributed by atoms with Crippen molar-refractivity contribution in [3.8, 4) is 0 Å². The van der Waals surface area contributed by atoms with Gasteiger partial charge in [0.2, 0.25) is 0 Å². The molecule has 1 aliphatic carbocycles. The fraction of sp³-hybridized carbons (Fsp3) is 0.727. The molecule has 0 aliphatic heterocycles. The van der Waals surface area contributed by atoms with Gasteiger partial charge in [0.25, 0.3) is 5.91 Å². The molecule has 0 saturated heterocycles. The number of carbonyl (C=O) groups is 3. The number of carbonyl (C=O) groups excluding carboxylic acids is 2. The van der Waals surface area contributed by atoms with Gasteiger partial charge in [-0.25, -0.2) is 9.59 Å². The number of hydrogen-bond donors (Lipinski definition) is 3. The van der Waals surface area contributed by atoms with Crippen LogP contribution in [0.5, 0.6) is 0 Å². The molecule has 0 aromatic heterocycles. The number of nitrogens with one attached hydrogen (secondary N) is 2. The van der Waals surface area contributed by atoms with Gasteiger partial charge < -0.3 is 19.9 Å². The van der Waals surface area contributed by atoms with Crippen LogP contribution in [0.3, 0.4) is 0 Å². The first kappa shape index (κ1) is 15.4. The van der Waals surface area contributed by atoms with E-state index in [2.05, 4.69) is 10.1 Å². The fourth-order valence-corrected chi connectivity index (χ4v) is 1.21. The van der Waals surface area contributed by atoms with E-state index in [-0.39, 0.29) is 0 Å². The molecule has 0 heterocycles. The van der Waals surface area contributed by atoms with Crippen LogP contribution in [0, 0.1) is 5.92 Å². The van der Waals surface area contributed by atoms with Crippen LogP contribution in [0.1, 0.15) is 12.8 Å². The van der Waals surface area contributed by atoms with Crippen LogP contribution >= 0.6 is 0 Å². The summed E-state index contributed by atoms with van der Waals surface area (Å²) in [7, 11) is 0. The summed E-state index contributed by atoms with van der Waals surface area (Å²) in [5, 5.41) is 12.7. The second-order valence-corrected chi connectivity index (χ2v) is 4.21. The molecule has 8 nitrogen and oxygen atoms in total. The fourth-order valence-electron chi connectivity index (χ4n) is 1.21. The van der Waals surface area contributed by atoms with E-state index in [0.717, 1.165) is 0 Å². The van der Waals surface area contributed by atoms with Gasteiger partial charge in [-0.3, -0.25) is 10.1 Å². The lowest BCUT2D eigenvalue weighted by molar-refractivity contribution is -0.143. The van der Waals surface area contributed by atoms with E-state index >= 15 is 0 Å². The van der Waals surface area contributed by atoms with E-state index in [0.29, 0.717) is 25.7 Å². The molecule has 1 saturated carbocycles. The van der Waals surface area contributed by atoms with Gasteiger partial charge in [-0.15, -0.1) is 0 Å². The maximum atomic E-state index is 11.2. The molecule has 3 N–H and O–H groups in total. The number of ether oxygens (including phenoxy) is 2. The molecule has 19 heavy (non-hydrogen) atoms. The SMILES string of the molecule is O=C(O)COCC(=O)NC(=O)NCCOCC1CC1. The Hall–Kier alpha value is -1.67. The quantitative estimate of drug-likeness (QED) is 0.481. The third kappa shape index (κ3) is 8.97. The minimum Gasteiger partial charge on any atom is -0.480 e. The summed E-state index contributed by atoms with van der Waals surface area (Å²) in [6.45, 7) is 0.364. The van der Waals surface area contributed by atoms with Crippen LogP contribution < -0.4 is 10.6 Å². The number of amides is 3. The molecule has 108 valence electrons. The highest BCUT2D eigenvalue weighted by Crippen LogP contribution is 2.28. The van der Waals surface area contributed by atoms with Gasteiger partial charge in [-0.2, -0.15) is 0 Å². The molecular formula is C11H18N2O6. The van der Waals surface area contributed by atoms with Crippen molar-refractivity contribution >= 4 is 17.9 Å². The molecule has 1 aliphatic rings. The first-order valence-corrected chi connectivity index (χ1v) is 6.03. The molecule has 0 bridgehead atoms. The van der Waals surface area contributed by atoms with Gasteiger partial charge in [0.15, 0.2) is 0 Å². The Bertz CT molecular complexity index is 329. The van der Waals surface area contributed by atoms with Crippen molar-refractivity contribution in [2.75, 3.05) is 33.0 Å². The second kappa shape index (κ2) is 8.44. The topological polar surface area (TPSA) is 114 Å². The predicted octanol–water partition coefficient (Wildman–Crippen LogP) is -0.660. The maximum absolute atomic E-state index is 11.2. The summed E-state index contributed by atoms with van der Waals surface area (Å²) in [6.07, 6.45) is 2.41. The second-order valence-electron chi connectivity index (χ2n) is 4.21. The van der Waals surface area contributed by atoms with E-state index in [1.807, 2.05) is 5.32 Å². The van der Waals surface area contributed by atoms with Crippen molar-refractivity contribution in [1.29, 1.82) is 0 Å². The largest absolute Gasteiger partial charge is 0.480 e. The molecule has 0 spiro atoms. The van der Waals surface area contributed by atoms with Crippen molar-refractivity contribution in [3.05, 3.63) is 0 Å². The van der Waals surface area contributed by atoms with Gasteiger partial charge in [-0.05, 0) is 18.8 Å². The van der Waals surface area contributed by atoms with Gasteiger partial charge >= 0.3 is 12.0 Å². The highest BCUT2D eigenvalue weighted by Gasteiger charge is 2.20. The molecule has 0 aromatic carbocycles. The molecule has 0 aromatic rings. The van der Waals surface area contributed by atoms with E-state index in [4.69, 9.17) is 9.84 Å². The molecule has 0 radical (unpaired) electrons. The Morgan fingerprint density at radius 3 is 2.53 bits per heavy atom. The zero-order chi connectivity index (χ0) is 14.1. The lowest BCUT2D eigenvalue weighted by Gasteiger charge is -2.07. The predicted molar refractivity (Wildman–Crippen MR) is 63.5 cm³/mol. The van der Waals surface area contributed by atoms with E-state index in [1.165, 1.54) is 12.8 Å². The summed E-state index contributed by atoms with van der Waals surface area (Å²) in [6, 6.07) is -0.654. The number of urea groups is 1. The van der Waals surface area contributed by atoms with Crippen molar-refractivity contribution < 1.29 is 29.0 Å². The van der Waals surface area contributed by atoms with E-state index < -0.39 is 31.1 Å². The molecule has 0 atom stereocenters. The van der Waals surface area contributed by atoms with Crippen LogP contribution in [0.15, 0.2) is 0 Å². The summed E-state index contributed by atoms with van der Waals surface area (Å²) in [5.41, 5.74) is 0. The average molecular weight is 274 g/mol. The van der Waals surface area contributed by atoms with Gasteiger partial charge in [-0.1, -0.05) is 0 Å². The zero-order valence-electron chi connectivity index (χ0n) is 10.5. The number of carboxylic acid groups (broad SMARTS) is 1. The van der Waals surface area contributed by atoms with Crippen molar-refractivity contribution in [2.45, 2.75) is 12.8 Å². The molecule has 3 amide bonds. The van der Waals surface area contributed by atoms with Crippen LogP contribution in [-0.2, 0) is 19.1 Å². The number of carboxylic acids is 1. The van der Waals surface area contributed by atoms with E-state index in [1.54, 1.807) is 0 Å². The van der Waals surface area contributed by atoms with Crippen LogP contribution in [0.25, 0.3) is 0 Å². The molecule has 1 rings (SSSR count). The number of aliphatic carboxylic acids is 1. The number of hydrogen-bond acceptors (Lipinski definition) is 5. The van der Waals surface area contributed by atoms with Crippen LogP contribution in [-0.4, -0.2) is 56.0 Å². The van der Waals surface area contributed by atoms with Crippen LogP contribution in [0.4, 0.5) is 4.79 Å². The first-order chi connectivity index (χ1) is 9.08. The number of rotatable bonds is 9. The van der Waals surface area contributed by atoms with Crippen molar-refractivity contribution in [1.82, 2.24) is 10.6 Å². The lowest BCUT2D eigenvalue weighted by atomic mass is 10.5. The Morgan fingerprint density at radius 2 is 1.89 bits per heavy atom. The van der Waals surface area contributed by atoms with E-state index in [9.17, 15) is 14.4 Å². The minimum absolute atomic E-state index is 0.307. The van der Waals surface area contributed by atoms with Gasteiger partial charge in [0.05, 0.1) is 6.61 Å². The van der Waals surface area contributed by atoms with Gasteiger partial charge in [0, 0.05) is 13.2 Å². The molecule has 8 heteroatoms. The summed E-state index contributed by atoms with van der Waals surface area (Å²) >= 11 is 0. The Labute approximate surface area is 110 Å². The normalized spacial score (nSPS) is 13.9. The number of imide groups is 1. The maximum Gasteiger partial charge on any atom is 0.329 e. The smallest absolute Gasteiger partial charge is 0.329 e. The highest BCUT2D eigenvalue weighted by molar-refractivity contribution is 5.94. The zero-order valence-corrected chi connectivity index (χ0v) is 10.5. The third-order valence-corrected chi connectivity index (χ3v) is 2.29. The summed E-state index contributed by atoms with van der Waals surface area (Å²) in [4.78, 5) is 32.4. The van der Waals surface area contributed by atoms with Gasteiger partial charge in [0.1, 0.15) is 13.2 Å². The van der Waals surface area contributed by atoms with Crippen molar-refractivity contribution in [3.63, 3.8) is 0 Å². The Balaban J connectivity index is 1.93. The van der Waals surface area contributed by atoms with Crippen molar-refractivity contribution in [2.24, 2.45) is 5.92 Å². The standard InChI is InChI=1S/C11H18N2O6/c14-9(6-19-7-10(15)16)13-11(17)12-3-4-18-5-8-1-2-8/h8H,1-7H2,(H,15,16)(H2,12,13,14,17).